The van der Waals surface area contributed by atoms with Crippen LogP contribution in [0.25, 0.3) is 5.69 Å². The predicted octanol–water partition coefficient (Wildman–Crippen LogP) is 5.13. The zero-order chi connectivity index (χ0) is 24.0. The lowest BCUT2D eigenvalue weighted by atomic mass is 9.53. The van der Waals surface area contributed by atoms with Gasteiger partial charge in [0.1, 0.15) is 5.82 Å². The monoisotopic (exact) mass is 497 g/mol. The number of halogens is 1. The summed E-state index contributed by atoms with van der Waals surface area (Å²) in [5.74, 6) is 3.40. The molecule has 2 aromatic rings. The Labute approximate surface area is 211 Å². The summed E-state index contributed by atoms with van der Waals surface area (Å²) in [6.07, 6.45) is 11.2. The van der Waals surface area contributed by atoms with Crippen LogP contribution in [0.3, 0.4) is 0 Å². The van der Waals surface area contributed by atoms with Crippen molar-refractivity contribution in [3.8, 4) is 5.69 Å². The van der Waals surface area contributed by atoms with Crippen LogP contribution in [0.1, 0.15) is 76.6 Å². The fourth-order valence-electron chi connectivity index (χ4n) is 7.67. The van der Waals surface area contributed by atoms with Crippen LogP contribution in [0.5, 0.6) is 0 Å². The normalized spacial score (nSPS) is 31.0. The minimum absolute atomic E-state index is 0.0188. The maximum Gasteiger partial charge on any atom is 0.230 e. The first-order valence-electron chi connectivity index (χ1n) is 13.4. The zero-order valence-electron chi connectivity index (χ0n) is 20.6. The molecule has 4 saturated carbocycles. The van der Waals surface area contributed by atoms with Gasteiger partial charge >= 0.3 is 0 Å². The molecule has 35 heavy (non-hydrogen) atoms. The Bertz CT molecular complexity index is 1030. The Morgan fingerprint density at radius 1 is 1.06 bits per heavy atom. The Morgan fingerprint density at radius 2 is 1.69 bits per heavy atom. The smallest absolute Gasteiger partial charge is 0.230 e. The van der Waals surface area contributed by atoms with Gasteiger partial charge < -0.3 is 5.32 Å². The average molecular weight is 498 g/mol. The number of carbonyl (C=O) groups is 1. The van der Waals surface area contributed by atoms with E-state index in [4.69, 9.17) is 0 Å². The first-order valence-corrected chi connectivity index (χ1v) is 14.4. The van der Waals surface area contributed by atoms with Gasteiger partial charge in [-0.2, -0.15) is 0 Å². The first kappa shape index (κ1) is 23.5. The van der Waals surface area contributed by atoms with E-state index in [0.29, 0.717) is 10.9 Å². The van der Waals surface area contributed by atoms with Gasteiger partial charge in [0, 0.05) is 11.2 Å². The van der Waals surface area contributed by atoms with Gasteiger partial charge in [0.2, 0.25) is 5.91 Å². The summed E-state index contributed by atoms with van der Waals surface area (Å²) >= 11 is 1.43. The summed E-state index contributed by atoms with van der Waals surface area (Å²) in [6.45, 7) is 4.27. The Kier molecular flexibility index (Phi) is 6.37. The van der Waals surface area contributed by atoms with Gasteiger partial charge in [-0.15, -0.1) is 10.2 Å². The van der Waals surface area contributed by atoms with Gasteiger partial charge in [0.15, 0.2) is 11.0 Å². The molecule has 0 spiro atoms. The second-order valence-corrected chi connectivity index (χ2v) is 12.4. The number of aromatic nitrogens is 3. The van der Waals surface area contributed by atoms with E-state index in [0.717, 1.165) is 61.6 Å². The largest absolute Gasteiger partial charge is 0.350 e. The van der Waals surface area contributed by atoms with Gasteiger partial charge in [0.05, 0.1) is 11.8 Å². The van der Waals surface area contributed by atoms with Crippen molar-refractivity contribution in [2.45, 2.75) is 81.4 Å². The minimum atomic E-state index is -0.267. The van der Waals surface area contributed by atoms with Crippen molar-refractivity contribution in [3.63, 3.8) is 0 Å². The van der Waals surface area contributed by atoms with Crippen LogP contribution in [0.4, 0.5) is 4.39 Å². The highest BCUT2D eigenvalue weighted by Gasteiger charge is 2.51. The molecular weight excluding hydrogens is 461 g/mol. The fraction of sp³-hybridized carbons (Fsp3) is 0.667. The summed E-state index contributed by atoms with van der Waals surface area (Å²) in [5, 5.41) is 13.2. The van der Waals surface area contributed by atoms with Gasteiger partial charge in [-0.25, -0.2) is 4.39 Å². The van der Waals surface area contributed by atoms with Crippen molar-refractivity contribution in [2.75, 3.05) is 18.8 Å². The van der Waals surface area contributed by atoms with Crippen LogP contribution in [-0.4, -0.2) is 50.0 Å². The maximum absolute atomic E-state index is 13.7. The van der Waals surface area contributed by atoms with E-state index in [1.807, 2.05) is 4.57 Å². The number of amides is 1. The number of likely N-dealkylation sites (tertiary alicyclic amines) is 1. The van der Waals surface area contributed by atoms with Crippen LogP contribution in [0.2, 0.25) is 0 Å². The zero-order valence-corrected chi connectivity index (χ0v) is 21.4. The third-order valence-electron chi connectivity index (χ3n) is 8.83. The molecule has 7 rings (SSSR count). The van der Waals surface area contributed by atoms with Crippen LogP contribution >= 0.6 is 11.8 Å². The molecule has 1 saturated heterocycles. The molecule has 1 aromatic heterocycles. The summed E-state index contributed by atoms with van der Waals surface area (Å²) in [5.41, 5.74) is 0.851. The summed E-state index contributed by atoms with van der Waals surface area (Å²) in [6, 6.07) is 6.58. The molecule has 1 N–H and O–H groups in total. The lowest BCUT2D eigenvalue weighted by Gasteiger charge is -2.56. The molecule has 4 aliphatic carbocycles. The molecule has 1 aromatic carbocycles. The first-order chi connectivity index (χ1) is 17.0. The second-order valence-electron chi connectivity index (χ2n) is 11.5. The topological polar surface area (TPSA) is 63.1 Å². The molecule has 188 valence electrons. The second kappa shape index (κ2) is 9.51. The molecule has 8 heteroatoms. The van der Waals surface area contributed by atoms with E-state index >= 15 is 0 Å². The van der Waals surface area contributed by atoms with E-state index in [1.54, 1.807) is 12.1 Å². The van der Waals surface area contributed by atoms with Crippen molar-refractivity contribution in [1.82, 2.24) is 25.0 Å². The molecule has 1 amide bonds. The summed E-state index contributed by atoms with van der Waals surface area (Å²) < 4.78 is 15.7. The van der Waals surface area contributed by atoms with Gasteiger partial charge in [-0.3, -0.25) is 14.3 Å². The molecule has 5 aliphatic rings. The summed E-state index contributed by atoms with van der Waals surface area (Å²) in [4.78, 5) is 15.6. The van der Waals surface area contributed by atoms with Gasteiger partial charge in [0.25, 0.3) is 0 Å². The molecular formula is C27H36FN5OS. The average Bonchev–Trinajstić information content (AvgIpc) is 3.26. The van der Waals surface area contributed by atoms with Crippen molar-refractivity contribution in [3.05, 3.63) is 35.9 Å². The van der Waals surface area contributed by atoms with Crippen molar-refractivity contribution < 1.29 is 9.18 Å². The quantitative estimate of drug-likeness (QED) is 0.538. The molecule has 4 bridgehead atoms. The maximum atomic E-state index is 13.7. The number of nitrogens with zero attached hydrogens (tertiary/aromatic N) is 4. The van der Waals surface area contributed by atoms with E-state index in [-0.39, 0.29) is 23.3 Å². The van der Waals surface area contributed by atoms with Crippen molar-refractivity contribution >= 4 is 17.7 Å². The highest BCUT2D eigenvalue weighted by atomic mass is 32.2. The van der Waals surface area contributed by atoms with E-state index in [9.17, 15) is 9.18 Å². The van der Waals surface area contributed by atoms with Crippen molar-refractivity contribution in [2.24, 2.45) is 17.8 Å². The molecule has 1 aliphatic heterocycles. The Morgan fingerprint density at radius 3 is 2.31 bits per heavy atom. The van der Waals surface area contributed by atoms with E-state index in [2.05, 4.69) is 27.3 Å². The van der Waals surface area contributed by atoms with E-state index in [1.165, 1.54) is 62.4 Å². The molecule has 6 nitrogen and oxygen atoms in total. The van der Waals surface area contributed by atoms with E-state index < -0.39 is 0 Å². The van der Waals surface area contributed by atoms with Crippen LogP contribution in [0, 0.1) is 23.6 Å². The molecule has 1 atom stereocenters. The highest BCUT2D eigenvalue weighted by Crippen LogP contribution is 2.55. The number of rotatable bonds is 7. The van der Waals surface area contributed by atoms with Crippen LogP contribution in [-0.2, 0) is 4.79 Å². The molecule has 5 fully saturated rings. The SMILES string of the molecule is C[C@@H](c1nnc(SCC(=O)NC23CC4CC(CC(C4)C2)C3)n1-c1ccc(F)cc1)N1CCCCC1. The highest BCUT2D eigenvalue weighted by molar-refractivity contribution is 7.99. The number of hydrogen-bond acceptors (Lipinski definition) is 5. The third-order valence-corrected chi connectivity index (χ3v) is 9.76. The minimum Gasteiger partial charge on any atom is -0.350 e. The molecule has 0 radical (unpaired) electrons. The lowest BCUT2D eigenvalue weighted by molar-refractivity contribution is -0.124. The van der Waals surface area contributed by atoms with Gasteiger partial charge in [-0.1, -0.05) is 18.2 Å². The van der Waals surface area contributed by atoms with Gasteiger partial charge in [-0.05, 0) is 113 Å². The standard InChI is InChI=1S/C27H36FN5OS/c1-18(32-9-3-2-4-10-32)25-30-31-26(33(25)23-7-5-22(28)6-8-23)35-17-24(34)29-27-14-19-11-20(15-27)13-21(12-19)16-27/h5-8,18-21H,2-4,9-17H2,1H3,(H,29,34)/t18-,19?,20?,21?,27?/m0/s1. The number of nitrogens with one attached hydrogen (secondary N) is 1. The summed E-state index contributed by atoms with van der Waals surface area (Å²) in [7, 11) is 0. The van der Waals surface area contributed by atoms with Crippen molar-refractivity contribution in [1.29, 1.82) is 0 Å². The number of benzene rings is 1. The number of hydrogen-bond donors (Lipinski definition) is 1. The number of carbonyl (C=O) groups excluding carboxylic acids is 1. The third kappa shape index (κ3) is 4.76. The lowest BCUT2D eigenvalue weighted by Crippen LogP contribution is -2.60. The predicted molar refractivity (Wildman–Crippen MR) is 135 cm³/mol. The van der Waals surface area contributed by atoms with Crippen LogP contribution in [0.15, 0.2) is 29.4 Å². The van der Waals surface area contributed by atoms with Crippen LogP contribution < -0.4 is 5.32 Å². The Hall–Kier alpha value is -1.93. The number of piperidine rings is 1. The fourth-order valence-corrected chi connectivity index (χ4v) is 8.43. The molecule has 0 unspecified atom stereocenters. The Balaban J connectivity index is 1.19. The molecule has 2 heterocycles. The number of thioether (sulfide) groups is 1.